The highest BCUT2D eigenvalue weighted by atomic mass is 35.5. The van der Waals surface area contributed by atoms with E-state index in [1.54, 1.807) is 6.07 Å². The van der Waals surface area contributed by atoms with Gasteiger partial charge >= 0.3 is 0 Å². The van der Waals surface area contributed by atoms with Gasteiger partial charge in [0.2, 0.25) is 0 Å². The Morgan fingerprint density at radius 3 is 2.77 bits per heavy atom. The van der Waals surface area contributed by atoms with Gasteiger partial charge in [-0.1, -0.05) is 35.9 Å². The van der Waals surface area contributed by atoms with Gasteiger partial charge in [-0.3, -0.25) is 4.79 Å². The molecule has 64 valence electrons. The summed E-state index contributed by atoms with van der Waals surface area (Å²) in [6, 6.07) is 11.1. The number of halogens is 1. The van der Waals surface area contributed by atoms with Crippen molar-refractivity contribution >= 4 is 28.7 Å². The highest BCUT2D eigenvalue weighted by Crippen LogP contribution is 2.23. The normalized spacial score (nSPS) is 10.2. The fourth-order valence-electron chi connectivity index (χ4n) is 1.34. The number of carbonyl (C=O) groups excluding carboxylic acids is 1. The number of benzene rings is 2. The summed E-state index contributed by atoms with van der Waals surface area (Å²) in [5.74, 6) is 0. The van der Waals surface area contributed by atoms with Crippen molar-refractivity contribution < 1.29 is 4.79 Å². The van der Waals surface area contributed by atoms with Crippen LogP contribution in [0.2, 0.25) is 5.02 Å². The molecule has 0 saturated heterocycles. The number of hydrogen-bond donors (Lipinski definition) is 0. The van der Waals surface area contributed by atoms with Crippen molar-refractivity contribution in [3.63, 3.8) is 0 Å². The summed E-state index contributed by atoms with van der Waals surface area (Å²) < 4.78 is 0. The molecular weight excluding hydrogens is 184 g/mol. The van der Waals surface area contributed by atoms with Gasteiger partial charge in [-0.05, 0) is 17.5 Å². The van der Waals surface area contributed by atoms with Crippen LogP contribution in [0.25, 0.3) is 10.8 Å². The van der Waals surface area contributed by atoms with E-state index in [2.05, 4.69) is 0 Å². The number of rotatable bonds is 1. The molecule has 0 saturated carbocycles. The first kappa shape index (κ1) is 8.27. The van der Waals surface area contributed by atoms with Crippen LogP contribution in [-0.2, 0) is 0 Å². The van der Waals surface area contributed by atoms with Crippen molar-refractivity contribution in [3.8, 4) is 0 Å². The Kier molecular flexibility index (Phi) is 2.03. The minimum Gasteiger partial charge on any atom is -0.298 e. The molecule has 0 radical (unpaired) electrons. The van der Waals surface area contributed by atoms with E-state index in [0.717, 1.165) is 22.1 Å². The molecule has 0 aliphatic rings. The van der Waals surface area contributed by atoms with Crippen molar-refractivity contribution in [2.45, 2.75) is 0 Å². The van der Waals surface area contributed by atoms with Crippen LogP contribution in [0.3, 0.4) is 0 Å². The third kappa shape index (κ3) is 1.43. The first-order valence-corrected chi connectivity index (χ1v) is 4.32. The molecule has 0 heterocycles. The Labute approximate surface area is 80.9 Å². The van der Waals surface area contributed by atoms with Crippen molar-refractivity contribution in [1.82, 2.24) is 0 Å². The number of carbonyl (C=O) groups is 1. The fraction of sp³-hybridized carbons (Fsp3) is 0. The highest BCUT2D eigenvalue weighted by Gasteiger charge is 1.98. The molecule has 2 rings (SSSR count). The second-order valence-corrected chi connectivity index (χ2v) is 3.25. The maximum Gasteiger partial charge on any atom is 0.150 e. The number of hydrogen-bond acceptors (Lipinski definition) is 1. The zero-order valence-corrected chi connectivity index (χ0v) is 7.58. The summed E-state index contributed by atoms with van der Waals surface area (Å²) in [6.07, 6.45) is 0.834. The van der Waals surface area contributed by atoms with Crippen LogP contribution in [-0.4, -0.2) is 6.29 Å². The van der Waals surface area contributed by atoms with Gasteiger partial charge in [0.1, 0.15) is 6.29 Å². The molecule has 0 aliphatic carbocycles. The summed E-state index contributed by atoms with van der Waals surface area (Å²) in [7, 11) is 0. The van der Waals surface area contributed by atoms with E-state index in [1.807, 2.05) is 30.3 Å². The molecule has 0 atom stereocenters. The van der Waals surface area contributed by atoms with E-state index in [1.165, 1.54) is 0 Å². The quantitative estimate of drug-likeness (QED) is 0.631. The van der Waals surface area contributed by atoms with Gasteiger partial charge in [-0.15, -0.1) is 0 Å². The lowest BCUT2D eigenvalue weighted by molar-refractivity contribution is 0.112. The summed E-state index contributed by atoms with van der Waals surface area (Å²) in [5, 5.41) is 2.70. The smallest absolute Gasteiger partial charge is 0.150 e. The molecule has 2 aromatic carbocycles. The maximum absolute atomic E-state index is 10.5. The average Bonchev–Trinajstić information content (AvgIpc) is 2.18. The molecule has 1 nitrogen and oxygen atoms in total. The third-order valence-corrected chi connectivity index (χ3v) is 2.32. The Bertz CT molecular complexity index is 463. The monoisotopic (exact) mass is 190 g/mol. The van der Waals surface area contributed by atoms with Crippen LogP contribution in [0.15, 0.2) is 36.4 Å². The third-order valence-electron chi connectivity index (χ3n) is 1.99. The molecular formula is C11H7ClO. The molecule has 0 bridgehead atoms. The van der Waals surface area contributed by atoms with Crippen LogP contribution in [0.1, 0.15) is 10.4 Å². The van der Waals surface area contributed by atoms with Gasteiger partial charge in [-0.25, -0.2) is 0 Å². The summed E-state index contributed by atoms with van der Waals surface area (Å²) in [6.45, 7) is 0. The van der Waals surface area contributed by atoms with Gasteiger partial charge in [0.25, 0.3) is 0 Å². The zero-order valence-electron chi connectivity index (χ0n) is 6.83. The van der Waals surface area contributed by atoms with E-state index in [4.69, 9.17) is 11.6 Å². The topological polar surface area (TPSA) is 17.1 Å². The van der Waals surface area contributed by atoms with E-state index in [9.17, 15) is 4.79 Å². The predicted octanol–water partition coefficient (Wildman–Crippen LogP) is 3.31. The summed E-state index contributed by atoms with van der Waals surface area (Å²) >= 11 is 5.96. The number of fused-ring (bicyclic) bond motifs is 1. The van der Waals surface area contributed by atoms with Crippen LogP contribution in [0.4, 0.5) is 0 Å². The lowest BCUT2D eigenvalue weighted by atomic mass is 10.1. The molecule has 0 aromatic heterocycles. The lowest BCUT2D eigenvalue weighted by Crippen LogP contribution is -1.80. The second kappa shape index (κ2) is 3.19. The summed E-state index contributed by atoms with van der Waals surface area (Å²) in [5.41, 5.74) is 0.676. The van der Waals surface area contributed by atoms with E-state index >= 15 is 0 Å². The SMILES string of the molecule is O=Cc1ccc2c(Cl)cccc2c1. The molecule has 13 heavy (non-hydrogen) atoms. The molecule has 2 heteroatoms. The van der Waals surface area contributed by atoms with E-state index < -0.39 is 0 Å². The molecule has 0 spiro atoms. The van der Waals surface area contributed by atoms with Crippen molar-refractivity contribution in [2.75, 3.05) is 0 Å². The molecule has 0 amide bonds. The highest BCUT2D eigenvalue weighted by molar-refractivity contribution is 6.35. The molecule has 0 N–H and O–H groups in total. The molecule has 2 aromatic rings. The molecule has 0 fully saturated rings. The fourth-order valence-corrected chi connectivity index (χ4v) is 1.58. The van der Waals surface area contributed by atoms with Crippen molar-refractivity contribution in [1.29, 1.82) is 0 Å². The maximum atomic E-state index is 10.5. The zero-order chi connectivity index (χ0) is 9.26. The first-order chi connectivity index (χ1) is 6.31. The van der Waals surface area contributed by atoms with Gasteiger partial charge < -0.3 is 0 Å². The van der Waals surface area contributed by atoms with Crippen molar-refractivity contribution in [3.05, 3.63) is 47.0 Å². The Morgan fingerprint density at radius 1 is 1.15 bits per heavy atom. The predicted molar refractivity (Wildman–Crippen MR) is 54.3 cm³/mol. The van der Waals surface area contributed by atoms with E-state index in [-0.39, 0.29) is 0 Å². The van der Waals surface area contributed by atoms with Crippen LogP contribution in [0, 0.1) is 0 Å². The van der Waals surface area contributed by atoms with Gasteiger partial charge in [0.05, 0.1) is 0 Å². The average molecular weight is 191 g/mol. The molecule has 0 unspecified atom stereocenters. The Balaban J connectivity index is 2.79. The summed E-state index contributed by atoms with van der Waals surface area (Å²) in [4.78, 5) is 10.5. The Hall–Kier alpha value is -1.34. The largest absolute Gasteiger partial charge is 0.298 e. The minimum absolute atomic E-state index is 0.676. The van der Waals surface area contributed by atoms with Gasteiger partial charge in [0, 0.05) is 16.0 Å². The van der Waals surface area contributed by atoms with Gasteiger partial charge in [-0.2, -0.15) is 0 Å². The van der Waals surface area contributed by atoms with Crippen molar-refractivity contribution in [2.24, 2.45) is 0 Å². The number of aldehydes is 1. The van der Waals surface area contributed by atoms with E-state index in [0.29, 0.717) is 5.56 Å². The van der Waals surface area contributed by atoms with Gasteiger partial charge in [0.15, 0.2) is 0 Å². The van der Waals surface area contributed by atoms with Crippen LogP contribution in [0.5, 0.6) is 0 Å². The van der Waals surface area contributed by atoms with Crippen LogP contribution >= 0.6 is 11.6 Å². The second-order valence-electron chi connectivity index (χ2n) is 2.84. The van der Waals surface area contributed by atoms with Crippen LogP contribution < -0.4 is 0 Å². The molecule has 0 aliphatic heterocycles. The lowest BCUT2D eigenvalue weighted by Gasteiger charge is -1.99. The Morgan fingerprint density at radius 2 is 2.00 bits per heavy atom. The standard InChI is InChI=1S/C11H7ClO/c12-11-3-1-2-9-6-8(7-13)4-5-10(9)11/h1-7H. The first-order valence-electron chi connectivity index (χ1n) is 3.95. The minimum atomic E-state index is 0.676.